The van der Waals surface area contributed by atoms with E-state index in [2.05, 4.69) is 45.9 Å². The van der Waals surface area contributed by atoms with Gasteiger partial charge in [0.15, 0.2) is 17.1 Å². The SMILES string of the molecule is CC1CCCN(C2CCN(C(=O)Cc3csc(NC(=O)c4nn(C5CCCCO5)c5c4C(C)(C)Cc4cnc(N)nc4-5)n3)CC2)C1. The summed E-state index contributed by atoms with van der Waals surface area (Å²) in [4.78, 5) is 45.2. The summed E-state index contributed by atoms with van der Waals surface area (Å²) in [7, 11) is 0. The van der Waals surface area contributed by atoms with Gasteiger partial charge in [0.1, 0.15) is 0 Å². The van der Waals surface area contributed by atoms with Crippen molar-refractivity contribution >= 4 is 34.2 Å². The molecule has 2 amide bonds. The predicted molar refractivity (Wildman–Crippen MR) is 177 cm³/mol. The van der Waals surface area contributed by atoms with Gasteiger partial charge in [0.2, 0.25) is 11.9 Å². The van der Waals surface area contributed by atoms with E-state index in [1.165, 1.54) is 37.3 Å². The number of ether oxygens (including phenoxy) is 1. The highest BCUT2D eigenvalue weighted by atomic mass is 32.1. The fourth-order valence-corrected chi connectivity index (χ4v) is 8.52. The number of nitrogens with two attached hydrogens (primary N) is 1. The van der Waals surface area contributed by atoms with Crippen LogP contribution in [0, 0.1) is 5.92 Å². The summed E-state index contributed by atoms with van der Waals surface area (Å²) in [6.07, 6.45) is 9.80. The van der Waals surface area contributed by atoms with Gasteiger partial charge >= 0.3 is 0 Å². The van der Waals surface area contributed by atoms with Crippen LogP contribution in [0.2, 0.25) is 0 Å². The number of carbonyl (C=O) groups excluding carboxylic acids is 2. The first-order chi connectivity index (χ1) is 22.2. The van der Waals surface area contributed by atoms with Crippen LogP contribution in [0.3, 0.4) is 0 Å². The number of thiazole rings is 1. The molecule has 246 valence electrons. The highest BCUT2D eigenvalue weighted by Gasteiger charge is 2.42. The number of nitrogens with zero attached hydrogens (tertiary/aromatic N) is 7. The number of aromatic nitrogens is 5. The average Bonchev–Trinajstić information content (AvgIpc) is 3.67. The molecule has 3 aliphatic heterocycles. The summed E-state index contributed by atoms with van der Waals surface area (Å²) in [5.74, 6) is 0.691. The summed E-state index contributed by atoms with van der Waals surface area (Å²) >= 11 is 1.33. The fraction of sp³-hybridized carbons (Fsp3) is 0.636. The third-order valence-corrected chi connectivity index (χ3v) is 10.9. The molecule has 0 spiro atoms. The largest absolute Gasteiger partial charge is 0.368 e. The van der Waals surface area contributed by atoms with Gasteiger partial charge in [-0.3, -0.25) is 19.8 Å². The number of piperidine rings is 2. The van der Waals surface area contributed by atoms with Gasteiger partial charge in [-0.1, -0.05) is 20.8 Å². The van der Waals surface area contributed by atoms with Crippen LogP contribution in [0.4, 0.5) is 11.1 Å². The minimum absolute atomic E-state index is 0.0932. The Morgan fingerprint density at radius 2 is 1.93 bits per heavy atom. The minimum atomic E-state index is -0.415. The molecule has 3 aromatic rings. The molecule has 2 atom stereocenters. The molecule has 0 aromatic carbocycles. The third kappa shape index (κ3) is 6.16. The van der Waals surface area contributed by atoms with Gasteiger partial charge < -0.3 is 15.4 Å². The van der Waals surface area contributed by atoms with E-state index in [1.54, 1.807) is 6.20 Å². The van der Waals surface area contributed by atoms with Gasteiger partial charge in [0, 0.05) is 49.4 Å². The Labute approximate surface area is 274 Å². The number of hydrogen-bond donors (Lipinski definition) is 2. The molecular weight excluding hydrogens is 602 g/mol. The van der Waals surface area contributed by atoms with Crippen LogP contribution in [-0.2, 0) is 27.8 Å². The van der Waals surface area contributed by atoms with E-state index in [0.29, 0.717) is 41.3 Å². The monoisotopic (exact) mass is 647 g/mol. The van der Waals surface area contributed by atoms with Crippen molar-refractivity contribution in [3.63, 3.8) is 0 Å². The molecule has 1 aliphatic carbocycles. The lowest BCUT2D eigenvalue weighted by Gasteiger charge is -2.41. The molecule has 3 fully saturated rings. The molecule has 0 radical (unpaired) electrons. The van der Waals surface area contributed by atoms with Gasteiger partial charge in [-0.25, -0.2) is 19.6 Å². The van der Waals surface area contributed by atoms with Crippen molar-refractivity contribution in [2.24, 2.45) is 5.92 Å². The van der Waals surface area contributed by atoms with Crippen molar-refractivity contribution in [3.8, 4) is 11.4 Å². The second-order valence-electron chi connectivity index (χ2n) is 14.1. The molecule has 13 heteroatoms. The Hall–Kier alpha value is -3.42. The van der Waals surface area contributed by atoms with E-state index in [4.69, 9.17) is 15.6 Å². The van der Waals surface area contributed by atoms with Gasteiger partial charge in [-0.2, -0.15) is 5.10 Å². The maximum absolute atomic E-state index is 13.9. The van der Waals surface area contributed by atoms with Gasteiger partial charge in [-0.15, -0.1) is 11.3 Å². The number of amides is 2. The van der Waals surface area contributed by atoms with Crippen molar-refractivity contribution in [1.82, 2.24) is 34.5 Å². The first-order valence-corrected chi connectivity index (χ1v) is 17.7. The van der Waals surface area contributed by atoms with E-state index in [9.17, 15) is 9.59 Å². The second kappa shape index (κ2) is 12.6. The highest BCUT2D eigenvalue weighted by molar-refractivity contribution is 7.14. The van der Waals surface area contributed by atoms with Gasteiger partial charge in [0.05, 0.1) is 23.5 Å². The Balaban J connectivity index is 1.06. The molecule has 2 unspecified atom stereocenters. The van der Waals surface area contributed by atoms with Crippen molar-refractivity contribution in [3.05, 3.63) is 34.1 Å². The maximum Gasteiger partial charge on any atom is 0.278 e. The zero-order valence-corrected chi connectivity index (χ0v) is 27.9. The van der Waals surface area contributed by atoms with E-state index < -0.39 is 5.41 Å². The molecule has 7 rings (SSSR count). The topological polar surface area (TPSA) is 144 Å². The van der Waals surface area contributed by atoms with Crippen molar-refractivity contribution < 1.29 is 14.3 Å². The second-order valence-corrected chi connectivity index (χ2v) is 15.0. The van der Waals surface area contributed by atoms with Crippen LogP contribution < -0.4 is 11.1 Å². The smallest absolute Gasteiger partial charge is 0.278 e. The Morgan fingerprint density at radius 1 is 1.11 bits per heavy atom. The lowest BCUT2D eigenvalue weighted by Crippen LogP contribution is -2.49. The van der Waals surface area contributed by atoms with Crippen LogP contribution >= 0.6 is 11.3 Å². The normalized spacial score (nSPS) is 23.5. The van der Waals surface area contributed by atoms with Crippen LogP contribution in [0.25, 0.3) is 11.4 Å². The molecule has 3 N–H and O–H groups in total. The summed E-state index contributed by atoms with van der Waals surface area (Å²) < 4.78 is 7.96. The standard InChI is InChI=1S/C33H45N9O3S/c1-20-7-6-11-41(18-20)23-9-12-40(13-10-23)24(43)15-22-19-46-32(36-22)38-30(44)28-26-29(42(39-28)25-8-4-5-14-45-25)27-21(16-33(26,2)3)17-35-31(34)37-27/h17,19-20,23,25H,4-16,18H2,1-3H3,(H2,34,35,37)(H,36,38,44). The van der Waals surface area contributed by atoms with Crippen molar-refractivity contribution in [1.29, 1.82) is 0 Å². The summed E-state index contributed by atoms with van der Waals surface area (Å²) in [6, 6.07) is 0.579. The number of likely N-dealkylation sites (tertiary alicyclic amines) is 2. The summed E-state index contributed by atoms with van der Waals surface area (Å²) in [5.41, 5.74) is 9.87. The lowest BCUT2D eigenvalue weighted by atomic mass is 9.73. The third-order valence-electron chi connectivity index (χ3n) is 10.1. The maximum atomic E-state index is 13.9. The number of fused-ring (bicyclic) bond motifs is 3. The quantitative estimate of drug-likeness (QED) is 0.397. The van der Waals surface area contributed by atoms with E-state index in [0.717, 1.165) is 67.9 Å². The first kappa shape index (κ1) is 31.2. The lowest BCUT2D eigenvalue weighted by molar-refractivity contribution is -0.132. The Bertz CT molecular complexity index is 1600. The number of nitrogens with one attached hydrogen (secondary N) is 1. The van der Waals surface area contributed by atoms with Crippen LogP contribution in [0.15, 0.2) is 11.6 Å². The highest BCUT2D eigenvalue weighted by Crippen LogP contribution is 2.46. The average molecular weight is 648 g/mol. The molecule has 0 bridgehead atoms. The molecule has 4 aliphatic rings. The molecular formula is C33H45N9O3S. The summed E-state index contributed by atoms with van der Waals surface area (Å²) in [5, 5.41) is 10.2. The fourth-order valence-electron chi connectivity index (χ4n) is 7.81. The van der Waals surface area contributed by atoms with Crippen LogP contribution in [-0.4, -0.2) is 85.2 Å². The number of rotatable bonds is 6. The molecule has 3 saturated heterocycles. The molecule has 0 saturated carbocycles. The minimum Gasteiger partial charge on any atom is -0.368 e. The Morgan fingerprint density at radius 3 is 2.70 bits per heavy atom. The Kier molecular flexibility index (Phi) is 8.58. The van der Waals surface area contributed by atoms with Crippen molar-refractivity contribution in [2.75, 3.05) is 43.8 Å². The first-order valence-electron chi connectivity index (χ1n) is 16.8. The van der Waals surface area contributed by atoms with Gasteiger partial charge in [0.25, 0.3) is 5.91 Å². The zero-order valence-electron chi connectivity index (χ0n) is 27.1. The number of anilines is 2. The molecule has 12 nitrogen and oxygen atoms in total. The van der Waals surface area contributed by atoms with Crippen LogP contribution in [0.1, 0.15) is 99.3 Å². The van der Waals surface area contributed by atoms with E-state index in [1.807, 2.05) is 15.0 Å². The summed E-state index contributed by atoms with van der Waals surface area (Å²) in [6.45, 7) is 11.1. The molecule has 6 heterocycles. The van der Waals surface area contributed by atoms with Gasteiger partial charge in [-0.05, 0) is 74.8 Å². The zero-order chi connectivity index (χ0) is 32.0. The van der Waals surface area contributed by atoms with Crippen LogP contribution in [0.5, 0.6) is 0 Å². The van der Waals surface area contributed by atoms with Crippen molar-refractivity contribution in [2.45, 2.75) is 96.2 Å². The number of carbonyl (C=O) groups is 2. The number of hydrogen-bond acceptors (Lipinski definition) is 10. The predicted octanol–water partition coefficient (Wildman–Crippen LogP) is 4.43. The molecule has 3 aromatic heterocycles. The number of nitrogen functional groups attached to an aromatic ring is 1. The van der Waals surface area contributed by atoms with E-state index >= 15 is 0 Å². The van der Waals surface area contributed by atoms with E-state index in [-0.39, 0.29) is 30.4 Å². The molecule has 46 heavy (non-hydrogen) atoms.